The van der Waals surface area contributed by atoms with Gasteiger partial charge in [0.1, 0.15) is 12.1 Å². The van der Waals surface area contributed by atoms with Crippen molar-refractivity contribution in [3.05, 3.63) is 131 Å². The van der Waals surface area contributed by atoms with Crippen molar-refractivity contribution in [3.63, 3.8) is 0 Å². The Morgan fingerprint density at radius 3 is 1.33 bits per heavy atom. The van der Waals surface area contributed by atoms with Crippen LogP contribution in [0.15, 0.2) is 109 Å². The molecule has 4 N–H and O–H groups in total. The van der Waals surface area contributed by atoms with Gasteiger partial charge in [-0.05, 0) is 71.5 Å². The maximum absolute atomic E-state index is 12.6. The van der Waals surface area contributed by atoms with Crippen LogP contribution < -0.4 is 30.4 Å². The molecular formula is C39H38N2O8. The van der Waals surface area contributed by atoms with Crippen molar-refractivity contribution < 1.29 is 38.1 Å². The summed E-state index contributed by atoms with van der Waals surface area (Å²) < 4.78 is 21.7. The number of esters is 2. The van der Waals surface area contributed by atoms with Gasteiger partial charge in [0, 0.05) is 0 Å². The van der Waals surface area contributed by atoms with Crippen molar-refractivity contribution in [1.29, 1.82) is 0 Å². The number of allylic oxidation sites excluding steroid dienone is 2. The van der Waals surface area contributed by atoms with E-state index in [0.29, 0.717) is 24.0 Å². The molecule has 2 atom stereocenters. The fourth-order valence-electron chi connectivity index (χ4n) is 4.68. The first-order chi connectivity index (χ1) is 23.6. The number of ether oxygens (including phenoxy) is 4. The zero-order valence-corrected chi connectivity index (χ0v) is 27.2. The standard InChI is InChI=1S/C39H38N2O8/c1-46-36-23-28(15-19-34(36)48-38(44)32(40)21-26-9-5-3-6-10-26)13-17-30(42)25-31(43)18-14-29-16-20-35(37(24-29)47-2)49-39(45)33(41)22-27-11-7-4-8-12-27/h3-20,23-24,32-33H,21-22,25,40-41H2,1-2H3/b17-13+,18-14+/t32-,33-/m0/s1. The Hall–Kier alpha value is -5.84. The van der Waals surface area contributed by atoms with E-state index in [1.165, 1.54) is 38.5 Å². The van der Waals surface area contributed by atoms with Crippen molar-refractivity contribution in [2.75, 3.05) is 14.2 Å². The molecule has 0 aliphatic rings. The van der Waals surface area contributed by atoms with E-state index in [9.17, 15) is 19.2 Å². The van der Waals surface area contributed by atoms with Crippen molar-refractivity contribution in [2.45, 2.75) is 31.3 Å². The van der Waals surface area contributed by atoms with Crippen LogP contribution in [-0.4, -0.2) is 49.8 Å². The molecule has 10 nitrogen and oxygen atoms in total. The Morgan fingerprint density at radius 2 is 0.959 bits per heavy atom. The molecule has 0 bridgehead atoms. The summed E-state index contributed by atoms with van der Waals surface area (Å²) in [5.41, 5.74) is 15.1. The van der Waals surface area contributed by atoms with Gasteiger partial charge in [-0.1, -0.05) is 84.9 Å². The SMILES string of the molecule is COc1cc(/C=C/C(=O)CC(=O)/C=C/c2ccc(OC(=O)[C@@H](N)Cc3ccccc3)c(OC)c2)ccc1OC(=O)[C@@H](N)Cc1ccccc1. The van der Waals surface area contributed by atoms with Crippen LogP contribution in [0.3, 0.4) is 0 Å². The van der Waals surface area contributed by atoms with Gasteiger partial charge in [-0.2, -0.15) is 0 Å². The van der Waals surface area contributed by atoms with Gasteiger partial charge in [0.05, 0.1) is 20.6 Å². The van der Waals surface area contributed by atoms with E-state index in [1.54, 1.807) is 36.4 Å². The van der Waals surface area contributed by atoms with E-state index in [1.807, 2.05) is 60.7 Å². The van der Waals surface area contributed by atoms with Crippen LogP contribution in [0, 0.1) is 0 Å². The lowest BCUT2D eigenvalue weighted by Gasteiger charge is -2.14. The van der Waals surface area contributed by atoms with E-state index < -0.39 is 35.6 Å². The molecule has 4 rings (SSSR count). The van der Waals surface area contributed by atoms with Gasteiger partial charge in [0.2, 0.25) is 0 Å². The topological polar surface area (TPSA) is 157 Å². The summed E-state index contributed by atoms with van der Waals surface area (Å²) in [5.74, 6) is -1.11. The van der Waals surface area contributed by atoms with Crippen LogP contribution in [0.5, 0.6) is 23.0 Å². The summed E-state index contributed by atoms with van der Waals surface area (Å²) in [6.45, 7) is 0. The zero-order valence-electron chi connectivity index (χ0n) is 27.2. The van der Waals surface area contributed by atoms with Crippen LogP contribution in [0.1, 0.15) is 28.7 Å². The fourth-order valence-corrected chi connectivity index (χ4v) is 4.68. The molecule has 0 aliphatic heterocycles. The monoisotopic (exact) mass is 662 g/mol. The lowest BCUT2D eigenvalue weighted by Crippen LogP contribution is -2.36. The summed E-state index contributed by atoms with van der Waals surface area (Å²) in [5, 5.41) is 0. The van der Waals surface area contributed by atoms with Crippen LogP contribution >= 0.6 is 0 Å². The lowest BCUT2D eigenvalue weighted by atomic mass is 10.1. The highest BCUT2D eigenvalue weighted by molar-refractivity contribution is 6.10. The summed E-state index contributed by atoms with van der Waals surface area (Å²) >= 11 is 0. The van der Waals surface area contributed by atoms with Gasteiger partial charge in [0.25, 0.3) is 0 Å². The van der Waals surface area contributed by atoms with Crippen LogP contribution in [0.2, 0.25) is 0 Å². The van der Waals surface area contributed by atoms with Gasteiger partial charge < -0.3 is 30.4 Å². The quantitative estimate of drug-likeness (QED) is 0.0731. The molecule has 0 fully saturated rings. The summed E-state index contributed by atoms with van der Waals surface area (Å²) in [4.78, 5) is 50.2. The second-order valence-electron chi connectivity index (χ2n) is 11.0. The van der Waals surface area contributed by atoms with Gasteiger partial charge in [-0.3, -0.25) is 9.59 Å². The zero-order chi connectivity index (χ0) is 35.2. The summed E-state index contributed by atoms with van der Waals surface area (Å²) in [6.07, 6.45) is 5.93. The minimum absolute atomic E-state index is 0.189. The minimum Gasteiger partial charge on any atom is -0.493 e. The normalized spacial score (nSPS) is 12.3. The first-order valence-electron chi connectivity index (χ1n) is 15.5. The van der Waals surface area contributed by atoms with Gasteiger partial charge in [0.15, 0.2) is 34.6 Å². The molecule has 10 heteroatoms. The van der Waals surface area contributed by atoms with E-state index >= 15 is 0 Å². The number of methoxy groups -OCH3 is 2. The highest BCUT2D eigenvalue weighted by Gasteiger charge is 2.20. The maximum Gasteiger partial charge on any atom is 0.328 e. The average Bonchev–Trinajstić information content (AvgIpc) is 3.11. The first-order valence-corrected chi connectivity index (χ1v) is 15.5. The molecule has 0 saturated carbocycles. The average molecular weight is 663 g/mol. The number of rotatable bonds is 16. The Balaban J connectivity index is 1.29. The molecule has 252 valence electrons. The summed E-state index contributed by atoms with van der Waals surface area (Å²) in [6, 6.07) is 26.6. The molecule has 4 aromatic carbocycles. The minimum atomic E-state index is -0.864. The lowest BCUT2D eigenvalue weighted by molar-refractivity contribution is -0.136. The van der Waals surface area contributed by atoms with Gasteiger partial charge in [-0.25, -0.2) is 9.59 Å². The Bertz CT molecular complexity index is 1690. The number of carbonyl (C=O) groups excluding carboxylic acids is 4. The number of hydrogen-bond acceptors (Lipinski definition) is 10. The third kappa shape index (κ3) is 11.1. The van der Waals surface area contributed by atoms with Crippen molar-refractivity contribution in [2.24, 2.45) is 11.5 Å². The Labute approximate surface area is 284 Å². The molecule has 0 radical (unpaired) electrons. The third-order valence-electron chi connectivity index (χ3n) is 7.27. The number of hydrogen-bond donors (Lipinski definition) is 2. The van der Waals surface area contributed by atoms with E-state index in [-0.39, 0.29) is 29.4 Å². The maximum atomic E-state index is 12.6. The predicted molar refractivity (Wildman–Crippen MR) is 186 cm³/mol. The van der Waals surface area contributed by atoms with Crippen molar-refractivity contribution in [3.8, 4) is 23.0 Å². The number of nitrogens with two attached hydrogens (primary N) is 2. The number of carbonyl (C=O) groups is 4. The largest absolute Gasteiger partial charge is 0.493 e. The molecule has 0 aliphatic carbocycles. The molecule has 0 spiro atoms. The smallest absolute Gasteiger partial charge is 0.328 e. The molecule has 0 aromatic heterocycles. The third-order valence-corrected chi connectivity index (χ3v) is 7.27. The molecule has 49 heavy (non-hydrogen) atoms. The number of benzene rings is 4. The second kappa shape index (κ2) is 17.9. The molecule has 0 unspecified atom stereocenters. The van der Waals surface area contributed by atoms with Crippen LogP contribution in [-0.2, 0) is 32.0 Å². The Kier molecular flexibility index (Phi) is 13.2. The first kappa shape index (κ1) is 36.0. The molecule has 4 aromatic rings. The molecule has 0 saturated heterocycles. The van der Waals surface area contributed by atoms with Crippen LogP contribution in [0.4, 0.5) is 0 Å². The number of ketones is 2. The van der Waals surface area contributed by atoms with Crippen molar-refractivity contribution in [1.82, 2.24) is 0 Å². The van der Waals surface area contributed by atoms with Gasteiger partial charge >= 0.3 is 11.9 Å². The predicted octanol–water partition coefficient (Wildman–Crippen LogP) is 4.91. The Morgan fingerprint density at radius 1 is 0.571 bits per heavy atom. The van der Waals surface area contributed by atoms with Crippen LogP contribution in [0.25, 0.3) is 12.2 Å². The molecule has 0 amide bonds. The highest BCUT2D eigenvalue weighted by Crippen LogP contribution is 2.30. The van der Waals surface area contributed by atoms with E-state index in [0.717, 1.165) is 11.1 Å². The molecule has 0 heterocycles. The molecular weight excluding hydrogens is 624 g/mol. The second-order valence-corrected chi connectivity index (χ2v) is 11.0. The van der Waals surface area contributed by atoms with Crippen molar-refractivity contribution >= 4 is 35.7 Å². The fraction of sp³-hybridized carbons (Fsp3) is 0.179. The summed E-state index contributed by atoms with van der Waals surface area (Å²) in [7, 11) is 2.86. The van der Waals surface area contributed by atoms with Gasteiger partial charge in [-0.15, -0.1) is 0 Å². The van der Waals surface area contributed by atoms with E-state index in [2.05, 4.69) is 0 Å². The van der Waals surface area contributed by atoms with E-state index in [4.69, 9.17) is 30.4 Å². The highest BCUT2D eigenvalue weighted by atomic mass is 16.6.